The van der Waals surface area contributed by atoms with Crippen LogP contribution in [0.1, 0.15) is 12.5 Å². The lowest BCUT2D eigenvalue weighted by Gasteiger charge is -2.28. The van der Waals surface area contributed by atoms with Crippen molar-refractivity contribution in [3.63, 3.8) is 0 Å². The van der Waals surface area contributed by atoms with Gasteiger partial charge in [0.1, 0.15) is 11.8 Å². The van der Waals surface area contributed by atoms with Gasteiger partial charge in [-0.25, -0.2) is 4.98 Å². The summed E-state index contributed by atoms with van der Waals surface area (Å²) >= 11 is 1.52. The van der Waals surface area contributed by atoms with Crippen molar-refractivity contribution in [1.29, 1.82) is 0 Å². The van der Waals surface area contributed by atoms with Gasteiger partial charge in [0.05, 0.1) is 19.4 Å². The Kier molecular flexibility index (Phi) is 7.43. The lowest BCUT2D eigenvalue weighted by molar-refractivity contribution is -0.122. The molecule has 0 saturated carbocycles. The van der Waals surface area contributed by atoms with Crippen LogP contribution in [0.5, 0.6) is 5.75 Å². The molecular formula is C23H27N3O3S. The molecule has 0 aliphatic rings. The van der Waals surface area contributed by atoms with E-state index in [1.54, 1.807) is 14.2 Å². The van der Waals surface area contributed by atoms with Crippen LogP contribution < -0.4 is 15.0 Å². The third-order valence-electron chi connectivity index (χ3n) is 4.74. The molecule has 30 heavy (non-hydrogen) atoms. The van der Waals surface area contributed by atoms with E-state index in [0.29, 0.717) is 13.2 Å². The summed E-state index contributed by atoms with van der Waals surface area (Å²) in [6, 6.07) is 15.5. The quantitative estimate of drug-likeness (QED) is 0.514. The molecule has 1 heterocycles. The molecule has 3 rings (SSSR count). The van der Waals surface area contributed by atoms with E-state index >= 15 is 0 Å². The van der Waals surface area contributed by atoms with Gasteiger partial charge in [0.2, 0.25) is 5.91 Å². The third-order valence-corrected chi connectivity index (χ3v) is 5.58. The minimum Gasteiger partial charge on any atom is -0.497 e. The van der Waals surface area contributed by atoms with Gasteiger partial charge in [0.25, 0.3) is 0 Å². The number of hydrogen-bond donors (Lipinski definition) is 1. The summed E-state index contributed by atoms with van der Waals surface area (Å²) in [7, 11) is 3.26. The molecule has 1 amide bonds. The van der Waals surface area contributed by atoms with Crippen molar-refractivity contribution in [3.8, 4) is 17.0 Å². The molecule has 0 aliphatic carbocycles. The lowest BCUT2D eigenvalue weighted by atomic mass is 10.1. The Morgan fingerprint density at radius 2 is 1.97 bits per heavy atom. The first-order chi connectivity index (χ1) is 14.5. The molecule has 6 nitrogen and oxygen atoms in total. The standard InChI is InChI=1S/C23H27N3O3S/c1-16-6-5-7-19(14-16)26(17(2)22(27)24-12-13-28-3)23-25-21(15-30-23)18-8-10-20(29-4)11-9-18/h5-11,14-15,17H,12-13H2,1-4H3,(H,24,27)/t17-/m0/s1. The molecule has 3 aromatic rings. The molecule has 0 spiro atoms. The van der Waals surface area contributed by atoms with Crippen LogP contribution in [0.3, 0.4) is 0 Å². The smallest absolute Gasteiger partial charge is 0.242 e. The average molecular weight is 426 g/mol. The number of aryl methyl sites for hydroxylation is 1. The van der Waals surface area contributed by atoms with Gasteiger partial charge in [0, 0.05) is 30.3 Å². The first-order valence-electron chi connectivity index (χ1n) is 9.76. The van der Waals surface area contributed by atoms with Gasteiger partial charge >= 0.3 is 0 Å². The average Bonchev–Trinajstić information content (AvgIpc) is 3.23. The second-order valence-electron chi connectivity index (χ2n) is 6.91. The summed E-state index contributed by atoms with van der Waals surface area (Å²) in [5, 5.41) is 5.70. The number of aromatic nitrogens is 1. The summed E-state index contributed by atoms with van der Waals surface area (Å²) in [5.41, 5.74) is 3.92. The Hall–Kier alpha value is -2.90. The van der Waals surface area contributed by atoms with E-state index in [4.69, 9.17) is 14.5 Å². The van der Waals surface area contributed by atoms with Crippen LogP contribution in [-0.4, -0.2) is 44.3 Å². The highest BCUT2D eigenvalue weighted by Gasteiger charge is 2.26. The first kappa shape index (κ1) is 21.8. The predicted octanol–water partition coefficient (Wildman–Crippen LogP) is 4.42. The van der Waals surface area contributed by atoms with E-state index in [1.807, 2.05) is 66.6 Å². The molecule has 2 aromatic carbocycles. The predicted molar refractivity (Wildman–Crippen MR) is 122 cm³/mol. The molecule has 0 unspecified atom stereocenters. The summed E-state index contributed by atoms with van der Waals surface area (Å²) in [4.78, 5) is 19.6. The van der Waals surface area contributed by atoms with Crippen LogP contribution >= 0.6 is 11.3 Å². The summed E-state index contributed by atoms with van der Waals surface area (Å²) in [6.45, 7) is 4.87. The number of methoxy groups -OCH3 is 2. The summed E-state index contributed by atoms with van der Waals surface area (Å²) in [5.74, 6) is 0.728. The number of carbonyl (C=O) groups is 1. The molecule has 1 N–H and O–H groups in total. The van der Waals surface area contributed by atoms with Gasteiger partial charge in [-0.3, -0.25) is 4.79 Å². The van der Waals surface area contributed by atoms with E-state index in [0.717, 1.165) is 33.4 Å². The number of nitrogens with one attached hydrogen (secondary N) is 1. The maximum absolute atomic E-state index is 12.8. The fourth-order valence-electron chi connectivity index (χ4n) is 3.09. The number of hydrogen-bond acceptors (Lipinski definition) is 6. The van der Waals surface area contributed by atoms with Crippen LogP contribution in [0.15, 0.2) is 53.9 Å². The van der Waals surface area contributed by atoms with Crippen molar-refractivity contribution in [1.82, 2.24) is 10.3 Å². The molecule has 0 saturated heterocycles. The van der Waals surface area contributed by atoms with Crippen molar-refractivity contribution >= 4 is 28.1 Å². The zero-order valence-corrected chi connectivity index (χ0v) is 18.5. The number of ether oxygens (including phenoxy) is 2. The molecule has 1 aromatic heterocycles. The maximum atomic E-state index is 12.8. The van der Waals surface area contributed by atoms with Gasteiger partial charge in [-0.15, -0.1) is 11.3 Å². The highest BCUT2D eigenvalue weighted by molar-refractivity contribution is 7.14. The molecule has 1 atom stereocenters. The van der Waals surface area contributed by atoms with E-state index in [-0.39, 0.29) is 5.91 Å². The Labute approximate surface area is 181 Å². The molecular weight excluding hydrogens is 398 g/mol. The van der Waals surface area contributed by atoms with Gasteiger partial charge in [-0.05, 0) is 55.8 Å². The number of benzene rings is 2. The zero-order chi connectivity index (χ0) is 21.5. The van der Waals surface area contributed by atoms with Crippen molar-refractivity contribution in [2.45, 2.75) is 19.9 Å². The molecule has 7 heteroatoms. The van der Waals surface area contributed by atoms with Crippen molar-refractivity contribution in [3.05, 3.63) is 59.5 Å². The van der Waals surface area contributed by atoms with Crippen LogP contribution in [0, 0.1) is 6.92 Å². The monoisotopic (exact) mass is 425 g/mol. The molecule has 0 radical (unpaired) electrons. The number of rotatable bonds is 9. The first-order valence-corrected chi connectivity index (χ1v) is 10.6. The lowest BCUT2D eigenvalue weighted by Crippen LogP contribution is -2.44. The Balaban J connectivity index is 1.92. The Bertz CT molecular complexity index is 972. The van der Waals surface area contributed by atoms with Crippen LogP contribution in [0.4, 0.5) is 10.8 Å². The number of amides is 1. The van der Waals surface area contributed by atoms with Crippen molar-refractivity contribution < 1.29 is 14.3 Å². The molecule has 158 valence electrons. The fourth-order valence-corrected chi connectivity index (χ4v) is 4.02. The summed E-state index contributed by atoms with van der Waals surface area (Å²) < 4.78 is 10.3. The summed E-state index contributed by atoms with van der Waals surface area (Å²) in [6.07, 6.45) is 0. The van der Waals surface area contributed by atoms with Gasteiger partial charge < -0.3 is 19.7 Å². The van der Waals surface area contributed by atoms with Crippen molar-refractivity contribution in [2.75, 3.05) is 32.3 Å². The maximum Gasteiger partial charge on any atom is 0.242 e. The van der Waals surface area contributed by atoms with Crippen molar-refractivity contribution in [2.24, 2.45) is 0 Å². The highest BCUT2D eigenvalue weighted by Crippen LogP contribution is 2.34. The topological polar surface area (TPSA) is 63.7 Å². The van der Waals surface area contributed by atoms with Gasteiger partial charge in [-0.1, -0.05) is 12.1 Å². The largest absolute Gasteiger partial charge is 0.497 e. The minimum absolute atomic E-state index is 0.0743. The molecule has 0 bridgehead atoms. The van der Waals surface area contributed by atoms with Crippen LogP contribution in [0.25, 0.3) is 11.3 Å². The minimum atomic E-state index is -0.432. The fraction of sp³-hybridized carbons (Fsp3) is 0.304. The Morgan fingerprint density at radius 1 is 1.20 bits per heavy atom. The van der Waals surface area contributed by atoms with E-state index in [2.05, 4.69) is 11.4 Å². The third kappa shape index (κ3) is 5.17. The van der Waals surface area contributed by atoms with E-state index in [9.17, 15) is 4.79 Å². The number of nitrogens with zero attached hydrogens (tertiary/aromatic N) is 2. The molecule has 0 fully saturated rings. The van der Waals surface area contributed by atoms with E-state index < -0.39 is 6.04 Å². The van der Waals surface area contributed by atoms with E-state index in [1.165, 1.54) is 11.3 Å². The highest BCUT2D eigenvalue weighted by atomic mass is 32.1. The molecule has 0 aliphatic heterocycles. The SMILES string of the molecule is COCCNC(=O)[C@H](C)N(c1cccc(C)c1)c1nc(-c2ccc(OC)cc2)cs1. The number of carbonyl (C=O) groups excluding carboxylic acids is 1. The van der Waals surface area contributed by atoms with Gasteiger partial charge in [0.15, 0.2) is 5.13 Å². The van der Waals surface area contributed by atoms with Crippen LogP contribution in [0.2, 0.25) is 0 Å². The normalized spacial score (nSPS) is 11.7. The second kappa shape index (κ2) is 10.2. The van der Waals surface area contributed by atoms with Crippen LogP contribution in [-0.2, 0) is 9.53 Å². The Morgan fingerprint density at radius 3 is 2.63 bits per heavy atom. The van der Waals surface area contributed by atoms with Gasteiger partial charge in [-0.2, -0.15) is 0 Å². The number of anilines is 2. The second-order valence-corrected chi connectivity index (χ2v) is 7.75. The zero-order valence-electron chi connectivity index (χ0n) is 17.7. The number of thiazole rings is 1.